The molecule has 2 aromatic rings. The maximum atomic E-state index is 6.05. The summed E-state index contributed by atoms with van der Waals surface area (Å²) in [5, 5.41) is 10.7. The number of methoxy groups -OCH3 is 1. The molecule has 2 unspecified atom stereocenters. The summed E-state index contributed by atoms with van der Waals surface area (Å²) in [5.41, 5.74) is 0. The first kappa shape index (κ1) is 24.0. The van der Waals surface area contributed by atoms with Gasteiger partial charge in [0.05, 0.1) is 11.6 Å². The monoisotopic (exact) mass is 518 g/mol. The normalized spacial score (nSPS) is 20.2. The average molecular weight is 519 g/mol. The fourth-order valence-electron chi connectivity index (χ4n) is 4.66. The molecule has 0 bridgehead atoms. The standard InChI is InChI=1S/C24H35BrN6O2/c1-3-19(20-11-8-14-26-20)28-23-29-22(27-16-9-6-4-5-7-10-16)30-24(31-23)33-17-12-13-21(32-2)18(25)15-17/h12-13,15-16,19-20,26H,3-11,14H2,1-2H3,(H2,27,28,29,30,31). The van der Waals surface area contributed by atoms with Gasteiger partial charge in [-0.1, -0.05) is 32.6 Å². The maximum Gasteiger partial charge on any atom is 0.328 e. The van der Waals surface area contributed by atoms with Gasteiger partial charge in [0.2, 0.25) is 11.9 Å². The quantitative estimate of drug-likeness (QED) is 0.374. The summed E-state index contributed by atoms with van der Waals surface area (Å²) in [5.74, 6) is 2.48. The lowest BCUT2D eigenvalue weighted by molar-refractivity contribution is 0.407. The smallest absolute Gasteiger partial charge is 0.328 e. The van der Waals surface area contributed by atoms with E-state index in [0.29, 0.717) is 29.7 Å². The highest BCUT2D eigenvalue weighted by molar-refractivity contribution is 9.10. The number of anilines is 2. The first-order valence-corrected chi connectivity index (χ1v) is 13.0. The van der Waals surface area contributed by atoms with E-state index < -0.39 is 0 Å². The molecule has 2 atom stereocenters. The molecule has 33 heavy (non-hydrogen) atoms. The van der Waals surface area contributed by atoms with Crippen molar-refractivity contribution in [2.24, 2.45) is 0 Å². The zero-order chi connectivity index (χ0) is 23.0. The number of aromatic nitrogens is 3. The van der Waals surface area contributed by atoms with Crippen LogP contribution >= 0.6 is 15.9 Å². The van der Waals surface area contributed by atoms with Crippen LogP contribution in [0.15, 0.2) is 22.7 Å². The molecule has 1 saturated carbocycles. The molecule has 1 saturated heterocycles. The van der Waals surface area contributed by atoms with Crippen LogP contribution in [0.1, 0.15) is 64.7 Å². The predicted octanol–water partition coefficient (Wildman–Crippen LogP) is 5.51. The molecule has 2 fully saturated rings. The van der Waals surface area contributed by atoms with Gasteiger partial charge in [-0.05, 0) is 72.8 Å². The van der Waals surface area contributed by atoms with Gasteiger partial charge in [0.1, 0.15) is 11.5 Å². The molecule has 4 rings (SSSR count). The zero-order valence-electron chi connectivity index (χ0n) is 19.6. The minimum Gasteiger partial charge on any atom is -0.496 e. The van der Waals surface area contributed by atoms with E-state index in [-0.39, 0.29) is 12.1 Å². The van der Waals surface area contributed by atoms with E-state index in [1.807, 2.05) is 18.2 Å². The predicted molar refractivity (Wildman–Crippen MR) is 134 cm³/mol. The molecular formula is C24H35BrN6O2. The highest BCUT2D eigenvalue weighted by Crippen LogP contribution is 2.31. The second-order valence-corrected chi connectivity index (χ2v) is 9.71. The first-order chi connectivity index (χ1) is 16.1. The number of ether oxygens (including phenoxy) is 2. The molecule has 9 heteroatoms. The average Bonchev–Trinajstić information content (AvgIpc) is 3.22. The van der Waals surface area contributed by atoms with E-state index in [2.05, 4.69) is 48.8 Å². The molecule has 1 aliphatic carbocycles. The second kappa shape index (κ2) is 11.8. The summed E-state index contributed by atoms with van der Waals surface area (Å²) >= 11 is 3.51. The Kier molecular flexibility index (Phi) is 8.61. The van der Waals surface area contributed by atoms with Crippen molar-refractivity contribution in [3.05, 3.63) is 22.7 Å². The second-order valence-electron chi connectivity index (χ2n) is 8.86. The molecular weight excluding hydrogens is 484 g/mol. The Morgan fingerprint density at radius 1 is 1.06 bits per heavy atom. The summed E-state index contributed by atoms with van der Waals surface area (Å²) < 4.78 is 12.2. The zero-order valence-corrected chi connectivity index (χ0v) is 21.2. The lowest BCUT2D eigenvalue weighted by Crippen LogP contribution is -2.40. The Labute approximate surface area is 204 Å². The van der Waals surface area contributed by atoms with E-state index in [1.165, 1.54) is 32.1 Å². The van der Waals surface area contributed by atoms with Gasteiger partial charge in [0.15, 0.2) is 0 Å². The molecule has 0 amide bonds. The van der Waals surface area contributed by atoms with Crippen LogP contribution in [0.4, 0.5) is 11.9 Å². The largest absolute Gasteiger partial charge is 0.496 e. The van der Waals surface area contributed by atoms with Gasteiger partial charge >= 0.3 is 6.01 Å². The number of halogens is 1. The molecule has 2 heterocycles. The third-order valence-electron chi connectivity index (χ3n) is 6.47. The van der Waals surface area contributed by atoms with Gasteiger partial charge in [-0.15, -0.1) is 0 Å². The van der Waals surface area contributed by atoms with Crippen LogP contribution in [-0.4, -0.2) is 46.7 Å². The molecule has 180 valence electrons. The van der Waals surface area contributed by atoms with Crippen LogP contribution in [0.5, 0.6) is 17.5 Å². The van der Waals surface area contributed by atoms with Crippen molar-refractivity contribution in [3.8, 4) is 17.5 Å². The molecule has 3 N–H and O–H groups in total. The van der Waals surface area contributed by atoms with Crippen molar-refractivity contribution < 1.29 is 9.47 Å². The number of nitrogens with zero attached hydrogens (tertiary/aromatic N) is 3. The van der Waals surface area contributed by atoms with Crippen molar-refractivity contribution in [2.75, 3.05) is 24.3 Å². The first-order valence-electron chi connectivity index (χ1n) is 12.2. The van der Waals surface area contributed by atoms with E-state index in [0.717, 1.165) is 42.5 Å². The summed E-state index contributed by atoms with van der Waals surface area (Å²) in [6, 6.07) is 6.87. The van der Waals surface area contributed by atoms with Crippen LogP contribution in [-0.2, 0) is 0 Å². The van der Waals surface area contributed by atoms with E-state index in [4.69, 9.17) is 14.5 Å². The highest BCUT2D eigenvalue weighted by atomic mass is 79.9. The summed E-state index contributed by atoms with van der Waals surface area (Å²) in [4.78, 5) is 13.9. The molecule has 8 nitrogen and oxygen atoms in total. The van der Waals surface area contributed by atoms with Gasteiger partial charge in [-0.3, -0.25) is 0 Å². The van der Waals surface area contributed by atoms with Crippen molar-refractivity contribution >= 4 is 27.8 Å². The van der Waals surface area contributed by atoms with Crippen LogP contribution in [0.3, 0.4) is 0 Å². The van der Waals surface area contributed by atoms with Crippen LogP contribution in [0.25, 0.3) is 0 Å². The fraction of sp³-hybridized carbons (Fsp3) is 0.625. The van der Waals surface area contributed by atoms with Crippen LogP contribution in [0, 0.1) is 0 Å². The Bertz CT molecular complexity index is 901. The molecule has 1 aliphatic heterocycles. The Hall–Kier alpha value is -2.13. The Balaban J connectivity index is 1.56. The topological polar surface area (TPSA) is 93.2 Å². The van der Waals surface area contributed by atoms with E-state index >= 15 is 0 Å². The van der Waals surface area contributed by atoms with Crippen molar-refractivity contribution in [1.82, 2.24) is 20.3 Å². The van der Waals surface area contributed by atoms with E-state index in [1.54, 1.807) is 7.11 Å². The van der Waals surface area contributed by atoms with Crippen LogP contribution < -0.4 is 25.4 Å². The summed E-state index contributed by atoms with van der Waals surface area (Å²) in [6.45, 7) is 3.26. The number of nitrogens with one attached hydrogen (secondary N) is 3. The van der Waals surface area contributed by atoms with Gasteiger partial charge in [0, 0.05) is 18.1 Å². The molecule has 2 aliphatic rings. The Morgan fingerprint density at radius 2 is 1.85 bits per heavy atom. The van der Waals surface area contributed by atoms with E-state index in [9.17, 15) is 0 Å². The lowest BCUT2D eigenvalue weighted by Gasteiger charge is -2.24. The number of hydrogen-bond donors (Lipinski definition) is 3. The van der Waals surface area contributed by atoms with Gasteiger partial charge in [-0.25, -0.2) is 0 Å². The van der Waals surface area contributed by atoms with Gasteiger partial charge in [0.25, 0.3) is 0 Å². The number of hydrogen-bond acceptors (Lipinski definition) is 8. The fourth-order valence-corrected chi connectivity index (χ4v) is 5.18. The molecule has 0 radical (unpaired) electrons. The minimum atomic E-state index is 0.253. The van der Waals surface area contributed by atoms with Gasteiger partial charge < -0.3 is 25.4 Å². The van der Waals surface area contributed by atoms with Gasteiger partial charge in [-0.2, -0.15) is 15.0 Å². The number of rotatable bonds is 9. The van der Waals surface area contributed by atoms with Crippen LogP contribution in [0.2, 0.25) is 0 Å². The van der Waals surface area contributed by atoms with Crippen molar-refractivity contribution in [1.29, 1.82) is 0 Å². The highest BCUT2D eigenvalue weighted by Gasteiger charge is 2.24. The van der Waals surface area contributed by atoms with Crippen molar-refractivity contribution in [2.45, 2.75) is 82.8 Å². The third-order valence-corrected chi connectivity index (χ3v) is 7.09. The summed E-state index contributed by atoms with van der Waals surface area (Å²) in [6.07, 6.45) is 10.7. The lowest BCUT2D eigenvalue weighted by atomic mass is 10.0. The molecule has 1 aromatic heterocycles. The maximum absolute atomic E-state index is 6.05. The van der Waals surface area contributed by atoms with Crippen molar-refractivity contribution in [3.63, 3.8) is 0 Å². The SMILES string of the molecule is CCC(Nc1nc(NC2CCCCCC2)nc(Oc2ccc(OC)c(Br)c2)n1)C1CCCN1. The summed E-state index contributed by atoms with van der Waals surface area (Å²) in [7, 11) is 1.64. The minimum absolute atomic E-state index is 0.253. The molecule has 0 spiro atoms. The number of benzene rings is 1. The third kappa shape index (κ3) is 6.69. The molecule has 1 aromatic carbocycles. The Morgan fingerprint density at radius 3 is 2.52 bits per heavy atom.